The lowest BCUT2D eigenvalue weighted by molar-refractivity contribution is -0.385. The topological polar surface area (TPSA) is 137 Å². The monoisotopic (exact) mass is 395 g/mol. The Hall–Kier alpha value is -3.34. The molecule has 0 spiro atoms. The van der Waals surface area contributed by atoms with Crippen molar-refractivity contribution in [3.63, 3.8) is 0 Å². The van der Waals surface area contributed by atoms with Crippen LogP contribution in [0, 0.1) is 10.1 Å². The third-order valence-electron chi connectivity index (χ3n) is 3.39. The van der Waals surface area contributed by atoms with Crippen molar-refractivity contribution in [2.75, 3.05) is 30.5 Å². The molecule has 2 aromatic carbocycles. The number of nitro groups is 1. The van der Waals surface area contributed by atoms with Gasteiger partial charge < -0.3 is 14.8 Å². The highest BCUT2D eigenvalue weighted by molar-refractivity contribution is 7.92. The van der Waals surface area contributed by atoms with Crippen molar-refractivity contribution in [1.82, 2.24) is 0 Å². The predicted octanol–water partition coefficient (Wildman–Crippen LogP) is 2.24. The molecule has 0 aromatic heterocycles. The third kappa shape index (κ3) is 5.07. The van der Waals surface area contributed by atoms with Gasteiger partial charge in [-0.15, -0.1) is 0 Å². The summed E-state index contributed by atoms with van der Waals surface area (Å²) in [5, 5.41) is 13.5. The molecule has 0 bridgehead atoms. The Labute approximate surface area is 155 Å². The number of sulfonamides is 1. The van der Waals surface area contributed by atoms with Crippen molar-refractivity contribution in [3.8, 4) is 11.5 Å². The standard InChI is InChI=1S/C16H17N3O7S/c1-25-14-7-5-11(9-12(14)18-27(3,23)24)17-16(20)10-4-6-13(19(21)22)15(8-10)26-2/h4-9,18H,1-3H3,(H,17,20). The van der Waals surface area contributed by atoms with Crippen LogP contribution in [0.2, 0.25) is 0 Å². The first-order valence-electron chi connectivity index (χ1n) is 7.44. The van der Waals surface area contributed by atoms with E-state index < -0.39 is 20.9 Å². The van der Waals surface area contributed by atoms with Gasteiger partial charge in [-0.3, -0.25) is 19.6 Å². The molecule has 0 heterocycles. The highest BCUT2D eigenvalue weighted by atomic mass is 32.2. The molecule has 0 unspecified atom stereocenters. The highest BCUT2D eigenvalue weighted by Crippen LogP contribution is 2.30. The summed E-state index contributed by atoms with van der Waals surface area (Å²) < 4.78 is 35.2. The van der Waals surface area contributed by atoms with Crippen LogP contribution < -0.4 is 19.5 Å². The van der Waals surface area contributed by atoms with E-state index in [1.807, 2.05) is 0 Å². The normalized spacial score (nSPS) is 10.8. The zero-order chi connectivity index (χ0) is 20.2. The fraction of sp³-hybridized carbons (Fsp3) is 0.188. The lowest BCUT2D eigenvalue weighted by Gasteiger charge is -2.12. The van der Waals surface area contributed by atoms with Gasteiger partial charge in [0.05, 0.1) is 31.1 Å². The van der Waals surface area contributed by atoms with Gasteiger partial charge in [-0.25, -0.2) is 8.42 Å². The summed E-state index contributed by atoms with van der Waals surface area (Å²) in [5.41, 5.74) is 0.312. The number of nitrogens with zero attached hydrogens (tertiary/aromatic N) is 1. The summed E-state index contributed by atoms with van der Waals surface area (Å²) in [5.74, 6) is -0.337. The summed E-state index contributed by atoms with van der Waals surface area (Å²) in [6.45, 7) is 0. The number of ether oxygens (including phenoxy) is 2. The number of hydrogen-bond acceptors (Lipinski definition) is 7. The zero-order valence-electron chi connectivity index (χ0n) is 14.7. The van der Waals surface area contributed by atoms with Crippen molar-refractivity contribution >= 4 is 33.0 Å². The molecular formula is C16H17N3O7S. The maximum absolute atomic E-state index is 12.4. The molecule has 0 aliphatic heterocycles. The molecule has 0 atom stereocenters. The average Bonchev–Trinajstić information content (AvgIpc) is 2.59. The van der Waals surface area contributed by atoms with Crippen LogP contribution >= 0.6 is 0 Å². The van der Waals surface area contributed by atoms with Gasteiger partial charge in [-0.05, 0) is 24.3 Å². The molecule has 0 aliphatic carbocycles. The maximum Gasteiger partial charge on any atom is 0.310 e. The van der Waals surface area contributed by atoms with Gasteiger partial charge in [0.25, 0.3) is 5.91 Å². The van der Waals surface area contributed by atoms with E-state index >= 15 is 0 Å². The lowest BCUT2D eigenvalue weighted by Crippen LogP contribution is -2.14. The van der Waals surface area contributed by atoms with Crippen molar-refractivity contribution in [3.05, 3.63) is 52.1 Å². The molecule has 0 fully saturated rings. The van der Waals surface area contributed by atoms with Gasteiger partial charge in [0.15, 0.2) is 5.75 Å². The summed E-state index contributed by atoms with van der Waals surface area (Å²) in [6.07, 6.45) is 0.987. The van der Waals surface area contributed by atoms with Crippen molar-refractivity contribution < 1.29 is 27.6 Å². The van der Waals surface area contributed by atoms with Gasteiger partial charge in [0, 0.05) is 23.4 Å². The van der Waals surface area contributed by atoms with Crippen LogP contribution in [0.4, 0.5) is 17.1 Å². The molecule has 11 heteroatoms. The van der Waals surface area contributed by atoms with E-state index in [0.717, 1.165) is 6.26 Å². The van der Waals surface area contributed by atoms with E-state index in [1.54, 1.807) is 0 Å². The minimum absolute atomic E-state index is 0.0539. The molecule has 0 aliphatic rings. The molecule has 0 saturated carbocycles. The molecule has 0 radical (unpaired) electrons. The molecule has 144 valence electrons. The first-order valence-corrected chi connectivity index (χ1v) is 9.33. The number of hydrogen-bond donors (Lipinski definition) is 2. The van der Waals surface area contributed by atoms with E-state index in [9.17, 15) is 23.3 Å². The summed E-state index contributed by atoms with van der Waals surface area (Å²) >= 11 is 0. The molecule has 10 nitrogen and oxygen atoms in total. The van der Waals surface area contributed by atoms with Crippen LogP contribution in [-0.2, 0) is 10.0 Å². The number of carbonyl (C=O) groups excluding carboxylic acids is 1. The second kappa shape index (κ2) is 7.91. The number of nitro benzene ring substituents is 1. The molecule has 0 saturated heterocycles. The lowest BCUT2D eigenvalue weighted by atomic mass is 10.1. The molecule has 2 rings (SSSR count). The van der Waals surface area contributed by atoms with Crippen molar-refractivity contribution in [1.29, 1.82) is 0 Å². The minimum Gasteiger partial charge on any atom is -0.495 e. The van der Waals surface area contributed by atoms with Crippen molar-refractivity contribution in [2.24, 2.45) is 0 Å². The number of rotatable bonds is 7. The van der Waals surface area contributed by atoms with Gasteiger partial charge in [0.2, 0.25) is 10.0 Å². The molecule has 27 heavy (non-hydrogen) atoms. The number of benzene rings is 2. The average molecular weight is 395 g/mol. The van der Waals surface area contributed by atoms with Crippen LogP contribution in [0.5, 0.6) is 11.5 Å². The zero-order valence-corrected chi connectivity index (χ0v) is 15.5. The summed E-state index contributed by atoms with van der Waals surface area (Å²) in [7, 11) is -0.912. The van der Waals surface area contributed by atoms with Gasteiger partial charge in [0.1, 0.15) is 5.75 Å². The van der Waals surface area contributed by atoms with Crippen LogP contribution in [0.25, 0.3) is 0 Å². The van der Waals surface area contributed by atoms with Crippen LogP contribution in [0.3, 0.4) is 0 Å². The molecular weight excluding hydrogens is 378 g/mol. The van der Waals surface area contributed by atoms with E-state index in [4.69, 9.17) is 9.47 Å². The fourth-order valence-electron chi connectivity index (χ4n) is 2.24. The quantitative estimate of drug-likeness (QED) is 0.542. The Balaban J connectivity index is 2.30. The number of amides is 1. The Kier molecular flexibility index (Phi) is 5.85. The van der Waals surface area contributed by atoms with Gasteiger partial charge >= 0.3 is 5.69 Å². The van der Waals surface area contributed by atoms with Gasteiger partial charge in [-0.2, -0.15) is 0 Å². The third-order valence-corrected chi connectivity index (χ3v) is 3.98. The largest absolute Gasteiger partial charge is 0.495 e. The van der Waals surface area contributed by atoms with Crippen LogP contribution in [0.15, 0.2) is 36.4 Å². The molecule has 1 amide bonds. The molecule has 2 N–H and O–H groups in total. The minimum atomic E-state index is -3.55. The Morgan fingerprint density at radius 2 is 1.74 bits per heavy atom. The summed E-state index contributed by atoms with van der Waals surface area (Å²) in [4.78, 5) is 22.7. The smallest absolute Gasteiger partial charge is 0.310 e. The Bertz CT molecular complexity index is 990. The highest BCUT2D eigenvalue weighted by Gasteiger charge is 2.18. The Morgan fingerprint density at radius 1 is 1.07 bits per heavy atom. The van der Waals surface area contributed by atoms with Crippen molar-refractivity contribution in [2.45, 2.75) is 0 Å². The Morgan fingerprint density at radius 3 is 2.30 bits per heavy atom. The number of carbonyl (C=O) groups is 1. The second-order valence-corrected chi connectivity index (χ2v) is 7.14. The second-order valence-electron chi connectivity index (χ2n) is 5.39. The SMILES string of the molecule is COc1ccc(NC(=O)c2ccc([N+](=O)[O-])c(OC)c2)cc1NS(C)(=O)=O. The van der Waals surface area contributed by atoms with Crippen LogP contribution in [-0.4, -0.2) is 39.7 Å². The fourth-order valence-corrected chi connectivity index (χ4v) is 2.80. The van der Waals surface area contributed by atoms with Crippen LogP contribution in [0.1, 0.15) is 10.4 Å². The van der Waals surface area contributed by atoms with E-state index in [0.29, 0.717) is 5.69 Å². The number of nitrogens with one attached hydrogen (secondary N) is 2. The van der Waals surface area contributed by atoms with E-state index in [-0.39, 0.29) is 28.4 Å². The first kappa shape index (κ1) is 20.0. The van der Waals surface area contributed by atoms with E-state index in [1.165, 1.54) is 50.6 Å². The molecule has 2 aromatic rings. The number of anilines is 2. The van der Waals surface area contributed by atoms with Gasteiger partial charge in [-0.1, -0.05) is 0 Å². The first-order chi connectivity index (χ1) is 12.6. The van der Waals surface area contributed by atoms with E-state index in [2.05, 4.69) is 10.0 Å². The predicted molar refractivity (Wildman–Crippen MR) is 99.1 cm³/mol. The number of methoxy groups -OCH3 is 2. The maximum atomic E-state index is 12.4. The summed E-state index contributed by atoms with van der Waals surface area (Å²) in [6, 6.07) is 8.09.